The number of primary sulfonamides is 1. The van der Waals surface area contributed by atoms with Gasteiger partial charge in [0.1, 0.15) is 4.90 Å². The Morgan fingerprint density at radius 2 is 1.96 bits per heavy atom. The summed E-state index contributed by atoms with van der Waals surface area (Å²) in [7, 11) is -2.00. The summed E-state index contributed by atoms with van der Waals surface area (Å²) in [6.07, 6.45) is 0.899. The number of aryl methyl sites for hydroxylation is 1. The molecule has 1 heterocycles. The maximum absolute atomic E-state index is 11.7. The van der Waals surface area contributed by atoms with Gasteiger partial charge in [0.25, 0.3) is 0 Å². The van der Waals surface area contributed by atoms with Crippen molar-refractivity contribution in [2.75, 3.05) is 0 Å². The van der Waals surface area contributed by atoms with Crippen LogP contribution in [0.3, 0.4) is 0 Å². The maximum Gasteiger partial charge on any atom is 0.239 e. The zero-order chi connectivity index (χ0) is 18.9. The maximum atomic E-state index is 11.7. The number of aromatic nitrogens is 1. The van der Waals surface area contributed by atoms with E-state index in [0.29, 0.717) is 5.56 Å². The third-order valence-corrected chi connectivity index (χ3v) is 6.36. The topological polar surface area (TPSA) is 77.4 Å². The molecule has 0 unspecified atom stereocenters. The number of sulfonamides is 1. The van der Waals surface area contributed by atoms with Crippen LogP contribution in [0.5, 0.6) is 0 Å². The number of para-hydroxylation sites is 1. The number of thiazole rings is 1. The molecule has 0 spiro atoms. The van der Waals surface area contributed by atoms with Gasteiger partial charge in [0.15, 0.2) is 4.80 Å². The molecule has 0 atom stereocenters. The van der Waals surface area contributed by atoms with Gasteiger partial charge in [-0.15, -0.1) is 11.3 Å². The lowest BCUT2D eigenvalue weighted by molar-refractivity contribution is 0.598. The minimum absolute atomic E-state index is 0.0855. The van der Waals surface area contributed by atoms with E-state index in [9.17, 15) is 8.42 Å². The van der Waals surface area contributed by atoms with Crippen LogP contribution in [0.1, 0.15) is 12.5 Å². The highest BCUT2D eigenvalue weighted by Gasteiger charge is 2.15. The van der Waals surface area contributed by atoms with Crippen molar-refractivity contribution in [2.24, 2.45) is 17.2 Å². The van der Waals surface area contributed by atoms with Crippen molar-refractivity contribution in [1.82, 2.24) is 4.57 Å². The van der Waals surface area contributed by atoms with Gasteiger partial charge in [-0.2, -0.15) is 0 Å². The first-order chi connectivity index (χ1) is 12.3. The van der Waals surface area contributed by atoms with Gasteiger partial charge in [0.2, 0.25) is 10.0 Å². The molecule has 1 aromatic heterocycles. The molecular formula is C18H18ClN3O2S2. The standard InChI is InChI=1S/C18H18ClN3O2S2/c1-3-12-6-4-5-7-15(12)21-18-22(2)16(11-25-18)13-8-9-14(19)17(10-13)26(20,23)24/h4-11H,3H2,1-2H3,(H2,20,23,24). The van der Waals surface area contributed by atoms with E-state index in [1.165, 1.54) is 29.0 Å². The normalized spacial score (nSPS) is 12.5. The molecule has 3 rings (SSSR count). The van der Waals surface area contributed by atoms with Crippen LogP contribution < -0.4 is 9.94 Å². The van der Waals surface area contributed by atoms with Crippen LogP contribution in [0.2, 0.25) is 5.02 Å². The fourth-order valence-electron chi connectivity index (χ4n) is 2.64. The highest BCUT2D eigenvalue weighted by atomic mass is 35.5. The molecule has 2 aromatic carbocycles. The lowest BCUT2D eigenvalue weighted by atomic mass is 10.1. The summed E-state index contributed by atoms with van der Waals surface area (Å²) in [6.45, 7) is 2.09. The number of hydrogen-bond donors (Lipinski definition) is 1. The number of nitrogens with two attached hydrogens (primary N) is 1. The van der Waals surface area contributed by atoms with Crippen molar-refractivity contribution in [3.05, 3.63) is 63.2 Å². The van der Waals surface area contributed by atoms with Crippen molar-refractivity contribution in [2.45, 2.75) is 18.2 Å². The molecular weight excluding hydrogens is 390 g/mol. The van der Waals surface area contributed by atoms with Gasteiger partial charge in [-0.25, -0.2) is 18.5 Å². The second-order valence-corrected chi connectivity index (χ2v) is 8.52. The Labute approximate surface area is 161 Å². The van der Waals surface area contributed by atoms with Gasteiger partial charge < -0.3 is 4.57 Å². The molecule has 5 nitrogen and oxygen atoms in total. The Bertz CT molecular complexity index is 1130. The van der Waals surface area contributed by atoms with E-state index in [-0.39, 0.29) is 9.92 Å². The highest BCUT2D eigenvalue weighted by molar-refractivity contribution is 7.89. The average Bonchev–Trinajstić information content (AvgIpc) is 2.95. The van der Waals surface area contributed by atoms with E-state index in [1.807, 2.05) is 35.2 Å². The van der Waals surface area contributed by atoms with E-state index in [0.717, 1.165) is 22.6 Å². The summed E-state index contributed by atoms with van der Waals surface area (Å²) in [5.74, 6) is 0. The van der Waals surface area contributed by atoms with Gasteiger partial charge in [-0.3, -0.25) is 0 Å². The highest BCUT2D eigenvalue weighted by Crippen LogP contribution is 2.28. The molecule has 0 amide bonds. The lowest BCUT2D eigenvalue weighted by Gasteiger charge is -2.07. The van der Waals surface area contributed by atoms with Crippen molar-refractivity contribution in [3.63, 3.8) is 0 Å². The number of nitrogens with zero attached hydrogens (tertiary/aromatic N) is 2. The largest absolute Gasteiger partial charge is 0.320 e. The minimum Gasteiger partial charge on any atom is -0.320 e. The summed E-state index contributed by atoms with van der Waals surface area (Å²) in [5.41, 5.74) is 3.65. The Hall–Kier alpha value is -1.93. The summed E-state index contributed by atoms with van der Waals surface area (Å²) in [4.78, 5) is 5.49. The van der Waals surface area contributed by atoms with Crippen molar-refractivity contribution in [1.29, 1.82) is 0 Å². The third kappa shape index (κ3) is 3.76. The minimum atomic E-state index is -3.89. The fraction of sp³-hybridized carbons (Fsp3) is 0.167. The quantitative estimate of drug-likeness (QED) is 0.712. The van der Waals surface area contributed by atoms with E-state index in [1.54, 1.807) is 6.07 Å². The molecule has 8 heteroatoms. The molecule has 0 saturated heterocycles. The van der Waals surface area contributed by atoms with Gasteiger partial charge in [-0.1, -0.05) is 42.8 Å². The molecule has 0 aliphatic carbocycles. The van der Waals surface area contributed by atoms with Crippen LogP contribution in [0.25, 0.3) is 11.3 Å². The Morgan fingerprint density at radius 1 is 1.23 bits per heavy atom. The van der Waals surface area contributed by atoms with Crippen LogP contribution in [0, 0.1) is 0 Å². The van der Waals surface area contributed by atoms with Gasteiger partial charge in [0, 0.05) is 18.0 Å². The molecule has 0 aliphatic rings. The molecule has 26 heavy (non-hydrogen) atoms. The second-order valence-electron chi connectivity index (χ2n) is 5.75. The summed E-state index contributed by atoms with van der Waals surface area (Å²) >= 11 is 7.46. The lowest BCUT2D eigenvalue weighted by Crippen LogP contribution is -2.14. The van der Waals surface area contributed by atoms with Crippen LogP contribution in [-0.4, -0.2) is 13.0 Å². The fourth-order valence-corrected chi connectivity index (χ4v) is 4.63. The Kier molecular flexibility index (Phi) is 5.34. The molecule has 3 aromatic rings. The van der Waals surface area contributed by atoms with Crippen molar-refractivity contribution in [3.8, 4) is 11.3 Å². The molecule has 0 bridgehead atoms. The molecule has 0 saturated carbocycles. The Morgan fingerprint density at radius 3 is 2.65 bits per heavy atom. The number of rotatable bonds is 4. The predicted molar refractivity (Wildman–Crippen MR) is 106 cm³/mol. The smallest absolute Gasteiger partial charge is 0.239 e. The summed E-state index contributed by atoms with van der Waals surface area (Å²) in [5, 5.41) is 7.29. The number of hydrogen-bond acceptors (Lipinski definition) is 4. The molecule has 0 aliphatic heterocycles. The molecule has 0 radical (unpaired) electrons. The third-order valence-electron chi connectivity index (χ3n) is 4.05. The van der Waals surface area contributed by atoms with Crippen molar-refractivity contribution < 1.29 is 8.42 Å². The predicted octanol–water partition coefficient (Wildman–Crippen LogP) is 3.85. The van der Waals surface area contributed by atoms with Gasteiger partial charge in [-0.05, 0) is 30.2 Å². The summed E-state index contributed by atoms with van der Waals surface area (Å²) < 4.78 is 25.3. The average molecular weight is 408 g/mol. The van der Waals surface area contributed by atoms with Crippen molar-refractivity contribution >= 4 is 38.6 Å². The van der Waals surface area contributed by atoms with Gasteiger partial charge >= 0.3 is 0 Å². The van der Waals surface area contributed by atoms with Crippen LogP contribution in [0.15, 0.2) is 57.7 Å². The molecule has 2 N–H and O–H groups in total. The van der Waals surface area contributed by atoms with E-state index in [2.05, 4.69) is 13.0 Å². The van der Waals surface area contributed by atoms with E-state index in [4.69, 9.17) is 21.7 Å². The monoisotopic (exact) mass is 407 g/mol. The van der Waals surface area contributed by atoms with E-state index < -0.39 is 10.0 Å². The number of benzene rings is 2. The SMILES string of the molecule is CCc1ccccc1N=c1scc(-c2ccc(Cl)c(S(N)(=O)=O)c2)n1C. The first-order valence-corrected chi connectivity index (χ1v) is 10.7. The van der Waals surface area contributed by atoms with Crippen LogP contribution in [0.4, 0.5) is 5.69 Å². The van der Waals surface area contributed by atoms with Crippen LogP contribution in [-0.2, 0) is 23.5 Å². The summed E-state index contributed by atoms with van der Waals surface area (Å²) in [6, 6.07) is 12.8. The zero-order valence-electron chi connectivity index (χ0n) is 14.3. The zero-order valence-corrected chi connectivity index (χ0v) is 16.7. The van der Waals surface area contributed by atoms with Gasteiger partial charge in [0.05, 0.1) is 16.4 Å². The Balaban J connectivity index is 2.12. The van der Waals surface area contributed by atoms with E-state index >= 15 is 0 Å². The van der Waals surface area contributed by atoms with Crippen LogP contribution >= 0.6 is 22.9 Å². The first-order valence-electron chi connectivity index (χ1n) is 7.91. The molecule has 136 valence electrons. The second kappa shape index (κ2) is 7.36. The molecule has 0 fully saturated rings. The number of halogens is 1. The first kappa shape index (κ1) is 18.8.